The molecule has 4 aliphatic rings. The van der Waals surface area contributed by atoms with Crippen LogP contribution in [0.15, 0.2) is 18.2 Å². The number of nitrogens with one attached hydrogen (secondary N) is 1. The molecule has 2 amide bonds. The zero-order valence-electron chi connectivity index (χ0n) is 22.2. The molecule has 3 N–H and O–H groups in total. The quantitative estimate of drug-likeness (QED) is 0.362. The van der Waals surface area contributed by atoms with E-state index in [1.807, 2.05) is 0 Å². The number of esters is 1. The van der Waals surface area contributed by atoms with Crippen LogP contribution in [0.5, 0.6) is 11.5 Å². The van der Waals surface area contributed by atoms with Crippen molar-refractivity contribution in [3.05, 3.63) is 23.8 Å². The highest BCUT2D eigenvalue weighted by molar-refractivity contribution is 5.91. The third-order valence-electron chi connectivity index (χ3n) is 10.1. The fourth-order valence-corrected chi connectivity index (χ4v) is 7.02. The van der Waals surface area contributed by atoms with Gasteiger partial charge in [-0.05, 0) is 73.5 Å². The number of rotatable bonds is 8. The molecule has 1 saturated heterocycles. The Morgan fingerprint density at radius 2 is 1.86 bits per heavy atom. The zero-order chi connectivity index (χ0) is 26.5. The number of carbonyl (C=O) groups is 3. The van der Waals surface area contributed by atoms with Crippen molar-refractivity contribution >= 4 is 17.8 Å². The molecule has 8 nitrogen and oxygen atoms in total. The molecular weight excluding hydrogens is 472 g/mol. The summed E-state index contributed by atoms with van der Waals surface area (Å²) in [5.41, 5.74) is 0.638. The lowest BCUT2D eigenvalue weighted by molar-refractivity contribution is -0.165. The molecular formula is C29H40N2O6. The van der Waals surface area contributed by atoms with Crippen LogP contribution in [0.4, 0.5) is 0 Å². The first kappa shape index (κ1) is 25.9. The van der Waals surface area contributed by atoms with Crippen LogP contribution in [0.3, 0.4) is 0 Å². The molecule has 5 atom stereocenters. The molecule has 202 valence electrons. The van der Waals surface area contributed by atoms with E-state index < -0.39 is 12.1 Å². The Kier molecular flexibility index (Phi) is 6.65. The topological polar surface area (TPSA) is 116 Å². The second kappa shape index (κ2) is 9.52. The van der Waals surface area contributed by atoms with Crippen molar-refractivity contribution in [1.82, 2.24) is 10.2 Å². The molecule has 3 aliphatic carbocycles. The number of fused-ring (bicyclic) bond motifs is 2. The molecule has 4 fully saturated rings. The Morgan fingerprint density at radius 1 is 1.11 bits per heavy atom. The summed E-state index contributed by atoms with van der Waals surface area (Å²) in [7, 11) is 0. The number of ether oxygens (including phenoxy) is 1. The van der Waals surface area contributed by atoms with Gasteiger partial charge in [0.1, 0.15) is 18.2 Å². The highest BCUT2D eigenvalue weighted by Gasteiger charge is 2.63. The van der Waals surface area contributed by atoms with Crippen molar-refractivity contribution in [3.63, 3.8) is 0 Å². The second-order valence-electron chi connectivity index (χ2n) is 12.5. The van der Waals surface area contributed by atoms with Crippen molar-refractivity contribution in [1.29, 1.82) is 0 Å². The van der Waals surface area contributed by atoms with Gasteiger partial charge in [-0.2, -0.15) is 0 Å². The average molecular weight is 513 g/mol. The zero-order valence-corrected chi connectivity index (χ0v) is 22.2. The van der Waals surface area contributed by atoms with E-state index in [-0.39, 0.29) is 52.6 Å². The van der Waals surface area contributed by atoms with Gasteiger partial charge in [-0.15, -0.1) is 0 Å². The van der Waals surface area contributed by atoms with Gasteiger partial charge in [0.15, 0.2) is 11.5 Å². The largest absolute Gasteiger partial charge is 0.504 e. The van der Waals surface area contributed by atoms with E-state index in [1.54, 1.807) is 11.0 Å². The Hall–Kier alpha value is -2.77. The lowest BCUT2D eigenvalue weighted by Crippen LogP contribution is -2.53. The van der Waals surface area contributed by atoms with E-state index in [9.17, 15) is 24.6 Å². The Morgan fingerprint density at radius 3 is 2.49 bits per heavy atom. The smallest absolute Gasteiger partial charge is 0.329 e. The monoisotopic (exact) mass is 512 g/mol. The first-order valence-corrected chi connectivity index (χ1v) is 13.8. The van der Waals surface area contributed by atoms with Crippen LogP contribution in [-0.2, 0) is 25.5 Å². The van der Waals surface area contributed by atoms with Crippen molar-refractivity contribution < 1.29 is 29.3 Å². The van der Waals surface area contributed by atoms with E-state index >= 15 is 0 Å². The lowest BCUT2D eigenvalue weighted by Gasteiger charge is -2.39. The highest BCUT2D eigenvalue weighted by Crippen LogP contribution is 2.66. The predicted molar refractivity (Wildman–Crippen MR) is 137 cm³/mol. The van der Waals surface area contributed by atoms with Gasteiger partial charge < -0.3 is 25.2 Å². The van der Waals surface area contributed by atoms with Gasteiger partial charge in [-0.1, -0.05) is 39.7 Å². The number of nitrogens with zero attached hydrogens (tertiary/aromatic N) is 1. The molecule has 1 heterocycles. The summed E-state index contributed by atoms with van der Waals surface area (Å²) in [6, 6.07) is 2.94. The van der Waals surface area contributed by atoms with E-state index in [0.717, 1.165) is 32.1 Å². The van der Waals surface area contributed by atoms with Gasteiger partial charge in [-0.25, -0.2) is 4.79 Å². The van der Waals surface area contributed by atoms with Crippen LogP contribution in [0.25, 0.3) is 0 Å². The van der Waals surface area contributed by atoms with Crippen LogP contribution in [-0.4, -0.2) is 57.6 Å². The molecule has 37 heavy (non-hydrogen) atoms. The summed E-state index contributed by atoms with van der Waals surface area (Å²) in [6.45, 7) is 7.30. The third kappa shape index (κ3) is 4.79. The minimum Gasteiger partial charge on any atom is -0.504 e. The first-order valence-electron chi connectivity index (χ1n) is 13.8. The standard InChI is InChI=1S/C29H40N2O6/c1-28(2)19-10-11-29(28,3)24(16-19)37-27(36)21-5-4-12-31(21)26(35)20(13-17-6-7-17)30-25(34)15-18-8-9-22(32)23(33)14-18/h8-9,14,17,19-21,24,32-33H,4-7,10-13,15-16H2,1-3H3,(H,30,34). The van der Waals surface area contributed by atoms with Crippen molar-refractivity contribution in [3.8, 4) is 11.5 Å². The number of phenols is 2. The maximum atomic E-state index is 13.7. The van der Waals surface area contributed by atoms with Crippen LogP contribution in [0, 0.1) is 22.7 Å². The predicted octanol–water partition coefficient (Wildman–Crippen LogP) is 3.67. The van der Waals surface area contributed by atoms with E-state index in [1.165, 1.54) is 18.6 Å². The van der Waals surface area contributed by atoms with Gasteiger partial charge in [0, 0.05) is 12.0 Å². The van der Waals surface area contributed by atoms with Crippen LogP contribution >= 0.6 is 0 Å². The molecule has 1 aromatic carbocycles. The van der Waals surface area contributed by atoms with Gasteiger partial charge in [-0.3, -0.25) is 9.59 Å². The van der Waals surface area contributed by atoms with E-state index in [0.29, 0.717) is 36.8 Å². The number of carbonyl (C=O) groups excluding carboxylic acids is 3. The van der Waals surface area contributed by atoms with Crippen molar-refractivity contribution in [2.45, 2.75) is 96.7 Å². The van der Waals surface area contributed by atoms with Gasteiger partial charge in [0.2, 0.25) is 11.8 Å². The first-order chi connectivity index (χ1) is 17.5. The summed E-state index contributed by atoms with van der Waals surface area (Å²) < 4.78 is 6.14. The number of benzene rings is 1. The number of hydrogen-bond donors (Lipinski definition) is 3. The van der Waals surface area contributed by atoms with Gasteiger partial charge in [0.05, 0.1) is 6.42 Å². The fraction of sp³-hybridized carbons (Fsp3) is 0.690. The molecule has 0 aromatic heterocycles. The van der Waals surface area contributed by atoms with Crippen molar-refractivity contribution in [2.75, 3.05) is 6.54 Å². The SMILES string of the molecule is CC1(C)C2CCC1(C)C(OC(=O)C1CCCN1C(=O)C(CC1CC1)NC(=O)Cc1ccc(O)c(O)c1)C2. The van der Waals surface area contributed by atoms with Crippen LogP contribution < -0.4 is 5.32 Å². The van der Waals surface area contributed by atoms with Gasteiger partial charge in [0.25, 0.3) is 0 Å². The lowest BCUT2D eigenvalue weighted by atomic mass is 9.70. The van der Waals surface area contributed by atoms with Crippen molar-refractivity contribution in [2.24, 2.45) is 22.7 Å². The van der Waals surface area contributed by atoms with E-state index in [4.69, 9.17) is 4.74 Å². The number of likely N-dealkylation sites (tertiary alicyclic amines) is 1. The maximum absolute atomic E-state index is 13.7. The Balaban J connectivity index is 1.24. The average Bonchev–Trinajstić information content (AvgIpc) is 3.41. The van der Waals surface area contributed by atoms with E-state index in [2.05, 4.69) is 26.1 Å². The number of amides is 2. The minimum absolute atomic E-state index is 0.0228. The highest BCUT2D eigenvalue weighted by atomic mass is 16.5. The molecule has 5 unspecified atom stereocenters. The fourth-order valence-electron chi connectivity index (χ4n) is 7.02. The van der Waals surface area contributed by atoms with Gasteiger partial charge >= 0.3 is 5.97 Å². The third-order valence-corrected chi connectivity index (χ3v) is 10.1. The summed E-state index contributed by atoms with van der Waals surface area (Å²) in [6.07, 6.45) is 6.93. The molecule has 1 aromatic rings. The molecule has 1 aliphatic heterocycles. The number of aromatic hydroxyl groups is 2. The summed E-state index contributed by atoms with van der Waals surface area (Å²) in [5.74, 6) is -0.437. The number of hydrogen-bond acceptors (Lipinski definition) is 6. The summed E-state index contributed by atoms with van der Waals surface area (Å²) in [5, 5.41) is 22.1. The number of phenolic OH excluding ortho intramolecular Hbond substituents is 2. The molecule has 0 radical (unpaired) electrons. The Bertz CT molecular complexity index is 1080. The molecule has 2 bridgehead atoms. The minimum atomic E-state index is -0.696. The normalized spacial score (nSPS) is 30.8. The molecule has 3 saturated carbocycles. The summed E-state index contributed by atoms with van der Waals surface area (Å²) in [4.78, 5) is 41.5. The summed E-state index contributed by atoms with van der Waals surface area (Å²) >= 11 is 0. The maximum Gasteiger partial charge on any atom is 0.329 e. The Labute approximate surface area is 218 Å². The molecule has 0 spiro atoms. The second-order valence-corrected chi connectivity index (χ2v) is 12.5. The molecule has 5 rings (SSSR count). The van der Waals surface area contributed by atoms with Crippen LogP contribution in [0.1, 0.15) is 77.7 Å². The van der Waals surface area contributed by atoms with Crippen LogP contribution in [0.2, 0.25) is 0 Å². The molecule has 8 heteroatoms.